The summed E-state index contributed by atoms with van der Waals surface area (Å²) in [6.07, 6.45) is 1.69. The number of aromatic nitrogens is 3. The van der Waals surface area contributed by atoms with Crippen molar-refractivity contribution >= 4 is 27.7 Å². The monoisotopic (exact) mass is 417 g/mol. The second kappa shape index (κ2) is 8.73. The summed E-state index contributed by atoms with van der Waals surface area (Å²) >= 11 is 0. The molecule has 4 rings (SSSR count). The van der Waals surface area contributed by atoms with Gasteiger partial charge in [0.2, 0.25) is 5.91 Å². The molecule has 7 nitrogen and oxygen atoms in total. The summed E-state index contributed by atoms with van der Waals surface area (Å²) in [4.78, 5) is 28.0. The fourth-order valence-electron chi connectivity index (χ4n) is 4.00. The maximum absolute atomic E-state index is 13.0. The standard InChI is InChI=1S/C24H27N5O2/c1-17(23(30)25-13-14-27(2)16-18-9-5-4-6-10-18)29-21-12-8-7-11-19(21)20-15-26-28(3)24(31)22(20)29/h4-12,15,17H,13-14,16H2,1-3H3,(H,25,30)/t17-/m1/s1. The highest BCUT2D eigenvalue weighted by Gasteiger charge is 2.23. The van der Waals surface area contributed by atoms with Gasteiger partial charge in [-0.15, -0.1) is 0 Å². The van der Waals surface area contributed by atoms with E-state index < -0.39 is 6.04 Å². The average Bonchev–Trinajstić information content (AvgIpc) is 3.11. The minimum Gasteiger partial charge on any atom is -0.353 e. The van der Waals surface area contributed by atoms with Crippen molar-refractivity contribution in [1.82, 2.24) is 24.6 Å². The van der Waals surface area contributed by atoms with Gasteiger partial charge in [0.15, 0.2) is 0 Å². The fraction of sp³-hybridized carbons (Fsp3) is 0.292. The molecular formula is C24H27N5O2. The van der Waals surface area contributed by atoms with Gasteiger partial charge >= 0.3 is 0 Å². The molecule has 2 heterocycles. The topological polar surface area (TPSA) is 72.2 Å². The maximum Gasteiger partial charge on any atom is 0.291 e. The third kappa shape index (κ3) is 4.09. The van der Waals surface area contributed by atoms with Crippen molar-refractivity contribution in [1.29, 1.82) is 0 Å². The predicted octanol–water partition coefficient (Wildman–Crippen LogP) is 2.70. The predicted molar refractivity (Wildman–Crippen MR) is 123 cm³/mol. The molecule has 0 unspecified atom stereocenters. The quantitative estimate of drug-likeness (QED) is 0.502. The van der Waals surface area contributed by atoms with Crippen LogP contribution in [0, 0.1) is 0 Å². The number of hydrogen-bond donors (Lipinski definition) is 1. The molecular weight excluding hydrogens is 390 g/mol. The Morgan fingerprint density at radius 2 is 1.81 bits per heavy atom. The summed E-state index contributed by atoms with van der Waals surface area (Å²) < 4.78 is 3.14. The van der Waals surface area contributed by atoms with Crippen LogP contribution in [-0.2, 0) is 18.4 Å². The van der Waals surface area contributed by atoms with Gasteiger partial charge in [0.05, 0.1) is 11.7 Å². The summed E-state index contributed by atoms with van der Waals surface area (Å²) in [5, 5.41) is 8.87. The van der Waals surface area contributed by atoms with Gasteiger partial charge in [-0.1, -0.05) is 48.5 Å². The Morgan fingerprint density at radius 1 is 1.10 bits per heavy atom. The van der Waals surface area contributed by atoms with Crippen LogP contribution in [0.5, 0.6) is 0 Å². The Balaban J connectivity index is 1.52. The van der Waals surface area contributed by atoms with Crippen LogP contribution in [0.25, 0.3) is 21.8 Å². The number of benzene rings is 2. The molecule has 0 spiro atoms. The first-order chi connectivity index (χ1) is 15.0. The molecule has 31 heavy (non-hydrogen) atoms. The number of rotatable bonds is 7. The van der Waals surface area contributed by atoms with Crippen LogP contribution in [0.2, 0.25) is 0 Å². The molecule has 2 aromatic heterocycles. The lowest BCUT2D eigenvalue weighted by molar-refractivity contribution is -0.123. The van der Waals surface area contributed by atoms with Crippen LogP contribution < -0.4 is 10.9 Å². The van der Waals surface area contributed by atoms with E-state index in [-0.39, 0.29) is 11.5 Å². The van der Waals surface area contributed by atoms with Crippen molar-refractivity contribution < 1.29 is 4.79 Å². The molecule has 2 aromatic carbocycles. The number of aryl methyl sites for hydroxylation is 1. The van der Waals surface area contributed by atoms with Crippen LogP contribution in [0.1, 0.15) is 18.5 Å². The first-order valence-electron chi connectivity index (χ1n) is 10.4. The lowest BCUT2D eigenvalue weighted by Crippen LogP contribution is -2.37. The van der Waals surface area contributed by atoms with Gasteiger partial charge in [-0.25, -0.2) is 4.68 Å². The minimum atomic E-state index is -0.531. The molecule has 0 aliphatic carbocycles. The Hall–Kier alpha value is -3.45. The van der Waals surface area contributed by atoms with E-state index in [1.165, 1.54) is 10.2 Å². The second-order valence-electron chi connectivity index (χ2n) is 7.91. The molecule has 4 aromatic rings. The van der Waals surface area contributed by atoms with Crippen molar-refractivity contribution in [2.75, 3.05) is 20.1 Å². The average molecular weight is 418 g/mol. The van der Waals surface area contributed by atoms with Crippen LogP contribution >= 0.6 is 0 Å². The lowest BCUT2D eigenvalue weighted by atomic mass is 10.2. The molecule has 1 N–H and O–H groups in total. The van der Waals surface area contributed by atoms with Crippen molar-refractivity contribution in [3.8, 4) is 0 Å². The van der Waals surface area contributed by atoms with Gasteiger partial charge in [-0.3, -0.25) is 9.59 Å². The van der Waals surface area contributed by atoms with E-state index in [0.717, 1.165) is 29.4 Å². The number of carbonyl (C=O) groups excluding carboxylic acids is 1. The zero-order chi connectivity index (χ0) is 22.0. The molecule has 160 valence electrons. The van der Waals surface area contributed by atoms with Crippen molar-refractivity contribution in [2.45, 2.75) is 19.5 Å². The number of para-hydroxylation sites is 1. The molecule has 0 fully saturated rings. The van der Waals surface area contributed by atoms with Gasteiger partial charge in [-0.05, 0) is 25.6 Å². The third-order valence-electron chi connectivity index (χ3n) is 5.66. The van der Waals surface area contributed by atoms with Gasteiger partial charge in [0.1, 0.15) is 11.6 Å². The van der Waals surface area contributed by atoms with Gasteiger partial charge in [0.25, 0.3) is 5.56 Å². The molecule has 0 bridgehead atoms. The number of carbonyl (C=O) groups is 1. The summed E-state index contributed by atoms with van der Waals surface area (Å²) in [5.74, 6) is -0.116. The zero-order valence-electron chi connectivity index (χ0n) is 18.1. The maximum atomic E-state index is 13.0. The van der Waals surface area contributed by atoms with Crippen molar-refractivity contribution in [2.24, 2.45) is 7.05 Å². The molecule has 0 radical (unpaired) electrons. The molecule has 0 aliphatic rings. The SMILES string of the molecule is C[C@H](C(=O)NCCN(C)Cc1ccccc1)n1c2ccccc2c2cnn(C)c(=O)c21. The van der Waals surface area contributed by atoms with Gasteiger partial charge in [0, 0.05) is 37.5 Å². The first-order valence-corrected chi connectivity index (χ1v) is 10.4. The van der Waals surface area contributed by atoms with E-state index in [2.05, 4.69) is 27.4 Å². The number of nitrogens with zero attached hydrogens (tertiary/aromatic N) is 4. The van der Waals surface area contributed by atoms with E-state index in [9.17, 15) is 9.59 Å². The summed E-state index contributed by atoms with van der Waals surface area (Å²) in [5.41, 5.74) is 2.38. The molecule has 1 amide bonds. The Bertz CT molecular complexity index is 1280. The molecule has 7 heteroatoms. The number of hydrogen-bond acceptors (Lipinski definition) is 4. The Labute approximate surface area is 180 Å². The minimum absolute atomic E-state index is 0.116. The molecule has 0 saturated heterocycles. The van der Waals surface area contributed by atoms with Gasteiger partial charge < -0.3 is 14.8 Å². The fourth-order valence-corrected chi connectivity index (χ4v) is 4.00. The smallest absolute Gasteiger partial charge is 0.291 e. The molecule has 0 saturated carbocycles. The highest BCUT2D eigenvalue weighted by atomic mass is 16.2. The van der Waals surface area contributed by atoms with Crippen LogP contribution in [-0.4, -0.2) is 45.3 Å². The van der Waals surface area contributed by atoms with Crippen LogP contribution in [0.15, 0.2) is 65.6 Å². The van der Waals surface area contributed by atoms with Crippen molar-refractivity contribution in [3.63, 3.8) is 0 Å². The highest BCUT2D eigenvalue weighted by Crippen LogP contribution is 2.29. The van der Waals surface area contributed by atoms with E-state index >= 15 is 0 Å². The molecule has 0 aliphatic heterocycles. The summed E-state index contributed by atoms with van der Waals surface area (Å²) in [6, 6.07) is 17.4. The normalized spacial score (nSPS) is 12.5. The molecule has 1 atom stereocenters. The van der Waals surface area contributed by atoms with E-state index in [0.29, 0.717) is 12.1 Å². The summed E-state index contributed by atoms with van der Waals surface area (Å²) in [7, 11) is 3.66. The van der Waals surface area contributed by atoms with E-state index in [1.807, 2.05) is 61.0 Å². The zero-order valence-corrected chi connectivity index (χ0v) is 18.1. The van der Waals surface area contributed by atoms with Crippen molar-refractivity contribution in [3.05, 3.63) is 76.7 Å². The van der Waals surface area contributed by atoms with Crippen LogP contribution in [0.3, 0.4) is 0 Å². The summed E-state index contributed by atoms with van der Waals surface area (Å²) in [6.45, 7) is 3.91. The lowest BCUT2D eigenvalue weighted by Gasteiger charge is -2.19. The number of fused-ring (bicyclic) bond motifs is 3. The third-order valence-corrected chi connectivity index (χ3v) is 5.66. The highest BCUT2D eigenvalue weighted by molar-refractivity contribution is 6.08. The van der Waals surface area contributed by atoms with E-state index in [1.54, 1.807) is 13.2 Å². The largest absolute Gasteiger partial charge is 0.353 e. The Morgan fingerprint density at radius 3 is 2.58 bits per heavy atom. The number of nitrogens with one attached hydrogen (secondary N) is 1. The van der Waals surface area contributed by atoms with E-state index in [4.69, 9.17) is 0 Å². The number of amides is 1. The first kappa shape index (κ1) is 20.8. The van der Waals surface area contributed by atoms with Gasteiger partial charge in [-0.2, -0.15) is 5.10 Å². The van der Waals surface area contributed by atoms with Crippen LogP contribution in [0.4, 0.5) is 0 Å². The Kier molecular flexibility index (Phi) is 5.86. The second-order valence-corrected chi connectivity index (χ2v) is 7.91. The number of likely N-dealkylation sites (N-methyl/N-ethyl adjacent to an activating group) is 1.